The molecule has 1 unspecified atom stereocenters. The summed E-state index contributed by atoms with van der Waals surface area (Å²) in [5.74, 6) is -0.251. The van der Waals surface area contributed by atoms with E-state index in [1.165, 1.54) is 6.26 Å². The van der Waals surface area contributed by atoms with Crippen LogP contribution in [0.1, 0.15) is 16.9 Å². The van der Waals surface area contributed by atoms with Crippen LogP contribution >= 0.6 is 0 Å². The molecule has 1 aromatic rings. The number of oxazole rings is 1. The smallest absolute Gasteiger partial charge is 0.273 e. The molecule has 6 nitrogen and oxygen atoms in total. The van der Waals surface area contributed by atoms with E-state index < -0.39 is 15.7 Å². The first-order chi connectivity index (χ1) is 7.07. The Hall–Kier alpha value is -1.37. The minimum atomic E-state index is -2.97. The molecular formula is C8H10N2O4S. The quantitative estimate of drug-likeness (QED) is 0.746. The highest BCUT2D eigenvalue weighted by Gasteiger charge is 2.29. The summed E-state index contributed by atoms with van der Waals surface area (Å²) in [5, 5.41) is 2.60. The molecule has 0 aliphatic carbocycles. The highest BCUT2D eigenvalue weighted by atomic mass is 32.2. The molecule has 1 aromatic heterocycles. The molecule has 1 amide bonds. The number of nitrogens with zero attached hydrogens (tertiary/aromatic N) is 1. The minimum Gasteiger partial charge on any atom is -0.451 e. The van der Waals surface area contributed by atoms with Crippen molar-refractivity contribution in [2.75, 3.05) is 11.5 Å². The summed E-state index contributed by atoms with van der Waals surface area (Å²) in [4.78, 5) is 15.1. The summed E-state index contributed by atoms with van der Waals surface area (Å²) >= 11 is 0. The zero-order valence-corrected chi connectivity index (χ0v) is 8.66. The fourth-order valence-electron chi connectivity index (χ4n) is 1.49. The van der Waals surface area contributed by atoms with Crippen molar-refractivity contribution >= 4 is 15.7 Å². The average molecular weight is 230 g/mol. The van der Waals surface area contributed by atoms with Gasteiger partial charge in [-0.15, -0.1) is 0 Å². The van der Waals surface area contributed by atoms with Crippen molar-refractivity contribution in [1.29, 1.82) is 0 Å². The Bertz CT molecular complexity index is 451. The molecule has 2 rings (SSSR count). The first-order valence-corrected chi connectivity index (χ1v) is 6.28. The van der Waals surface area contributed by atoms with Gasteiger partial charge in [0, 0.05) is 6.04 Å². The lowest BCUT2D eigenvalue weighted by Gasteiger charge is -2.08. The summed E-state index contributed by atoms with van der Waals surface area (Å²) in [6.45, 7) is 0. The number of rotatable bonds is 2. The van der Waals surface area contributed by atoms with Gasteiger partial charge in [0.05, 0.1) is 11.5 Å². The van der Waals surface area contributed by atoms with Gasteiger partial charge in [0.2, 0.25) is 0 Å². The lowest BCUT2D eigenvalue weighted by molar-refractivity contribution is 0.0936. The lowest BCUT2D eigenvalue weighted by atomic mass is 10.2. The van der Waals surface area contributed by atoms with E-state index in [0.29, 0.717) is 6.42 Å². The fourth-order valence-corrected chi connectivity index (χ4v) is 3.17. The van der Waals surface area contributed by atoms with E-state index in [2.05, 4.69) is 14.7 Å². The molecule has 0 spiro atoms. The Balaban J connectivity index is 1.97. The van der Waals surface area contributed by atoms with Crippen LogP contribution in [0.15, 0.2) is 17.1 Å². The number of sulfone groups is 1. The highest BCUT2D eigenvalue weighted by Crippen LogP contribution is 2.11. The van der Waals surface area contributed by atoms with Crippen LogP contribution in [0.25, 0.3) is 0 Å². The van der Waals surface area contributed by atoms with E-state index in [1.807, 2.05) is 0 Å². The van der Waals surface area contributed by atoms with Crippen LogP contribution in [0, 0.1) is 0 Å². The lowest BCUT2D eigenvalue weighted by Crippen LogP contribution is -2.35. The molecule has 1 fully saturated rings. The van der Waals surface area contributed by atoms with E-state index in [4.69, 9.17) is 0 Å². The molecule has 82 valence electrons. The standard InChI is InChI=1S/C8H10N2O4S/c11-8(7-3-14-5-9-7)10-6-1-2-15(12,13)4-6/h3,5-6H,1-2,4H2,(H,10,11). The molecular weight excluding hydrogens is 220 g/mol. The Morgan fingerprint density at radius 3 is 2.93 bits per heavy atom. The third kappa shape index (κ3) is 2.35. The molecule has 0 aromatic carbocycles. The van der Waals surface area contributed by atoms with Gasteiger partial charge in [0.15, 0.2) is 21.9 Å². The van der Waals surface area contributed by atoms with Gasteiger partial charge < -0.3 is 9.73 Å². The van der Waals surface area contributed by atoms with Crippen molar-refractivity contribution in [2.45, 2.75) is 12.5 Å². The number of hydrogen-bond acceptors (Lipinski definition) is 5. The van der Waals surface area contributed by atoms with E-state index >= 15 is 0 Å². The van der Waals surface area contributed by atoms with Crippen molar-refractivity contribution < 1.29 is 17.6 Å². The first kappa shape index (κ1) is 10.2. The number of carbonyl (C=O) groups is 1. The van der Waals surface area contributed by atoms with Crippen LogP contribution in [0.3, 0.4) is 0 Å². The number of aromatic nitrogens is 1. The second-order valence-electron chi connectivity index (χ2n) is 3.45. The largest absolute Gasteiger partial charge is 0.451 e. The fraction of sp³-hybridized carbons (Fsp3) is 0.500. The van der Waals surface area contributed by atoms with E-state index in [9.17, 15) is 13.2 Å². The molecule has 7 heteroatoms. The van der Waals surface area contributed by atoms with Crippen LogP contribution in [-0.4, -0.2) is 36.9 Å². The van der Waals surface area contributed by atoms with E-state index in [0.717, 1.165) is 6.39 Å². The Kier molecular flexibility index (Phi) is 2.47. The predicted octanol–water partition coefficient (Wildman–Crippen LogP) is -0.409. The summed E-state index contributed by atoms with van der Waals surface area (Å²) < 4.78 is 26.9. The first-order valence-electron chi connectivity index (χ1n) is 4.46. The third-order valence-corrected chi connectivity index (χ3v) is 4.00. The van der Waals surface area contributed by atoms with Gasteiger partial charge in [-0.3, -0.25) is 4.79 Å². The Morgan fingerprint density at radius 1 is 1.60 bits per heavy atom. The zero-order chi connectivity index (χ0) is 10.9. The topological polar surface area (TPSA) is 89.3 Å². The second-order valence-corrected chi connectivity index (χ2v) is 5.68. The van der Waals surface area contributed by atoms with E-state index in [1.54, 1.807) is 0 Å². The number of hydrogen-bond donors (Lipinski definition) is 1. The summed E-state index contributed by atoms with van der Waals surface area (Å²) in [6.07, 6.45) is 2.84. The van der Waals surface area contributed by atoms with Crippen LogP contribution in [0.4, 0.5) is 0 Å². The van der Waals surface area contributed by atoms with Crippen molar-refractivity contribution in [1.82, 2.24) is 10.3 Å². The van der Waals surface area contributed by atoms with Crippen molar-refractivity contribution in [3.8, 4) is 0 Å². The number of nitrogens with one attached hydrogen (secondary N) is 1. The van der Waals surface area contributed by atoms with Gasteiger partial charge in [-0.1, -0.05) is 0 Å². The predicted molar refractivity (Wildman–Crippen MR) is 51.0 cm³/mol. The molecule has 0 radical (unpaired) electrons. The molecule has 1 aliphatic heterocycles. The molecule has 15 heavy (non-hydrogen) atoms. The second kappa shape index (κ2) is 3.65. The van der Waals surface area contributed by atoms with Gasteiger partial charge in [0.1, 0.15) is 6.26 Å². The molecule has 1 N–H and O–H groups in total. The minimum absolute atomic E-state index is 0.0105. The monoisotopic (exact) mass is 230 g/mol. The van der Waals surface area contributed by atoms with Gasteiger partial charge in [-0.05, 0) is 6.42 Å². The maximum absolute atomic E-state index is 11.4. The van der Waals surface area contributed by atoms with Crippen LogP contribution in [0.2, 0.25) is 0 Å². The van der Waals surface area contributed by atoms with E-state index in [-0.39, 0.29) is 23.2 Å². The zero-order valence-electron chi connectivity index (χ0n) is 7.84. The SMILES string of the molecule is O=C(NC1CCS(=O)(=O)C1)c1cocn1. The molecule has 1 aliphatic rings. The average Bonchev–Trinajstić information content (AvgIpc) is 2.74. The number of amides is 1. The maximum Gasteiger partial charge on any atom is 0.273 e. The van der Waals surface area contributed by atoms with Gasteiger partial charge >= 0.3 is 0 Å². The van der Waals surface area contributed by atoms with Gasteiger partial charge in [0.25, 0.3) is 5.91 Å². The van der Waals surface area contributed by atoms with Crippen molar-refractivity contribution in [3.05, 3.63) is 18.4 Å². The summed E-state index contributed by atoms with van der Waals surface area (Å²) in [7, 11) is -2.97. The third-order valence-electron chi connectivity index (χ3n) is 2.23. The highest BCUT2D eigenvalue weighted by molar-refractivity contribution is 7.91. The molecule has 1 saturated heterocycles. The van der Waals surface area contributed by atoms with Crippen LogP contribution in [0.5, 0.6) is 0 Å². The van der Waals surface area contributed by atoms with Crippen LogP contribution < -0.4 is 5.32 Å². The Morgan fingerprint density at radius 2 is 2.40 bits per heavy atom. The summed E-state index contributed by atoms with van der Waals surface area (Å²) in [6, 6.07) is -0.306. The molecule has 1 atom stereocenters. The molecule has 0 saturated carbocycles. The van der Waals surface area contributed by atoms with Gasteiger partial charge in [-0.2, -0.15) is 0 Å². The van der Waals surface area contributed by atoms with Crippen molar-refractivity contribution in [3.63, 3.8) is 0 Å². The Labute approximate surface area is 86.6 Å². The van der Waals surface area contributed by atoms with Crippen molar-refractivity contribution in [2.24, 2.45) is 0 Å². The summed E-state index contributed by atoms with van der Waals surface area (Å²) in [5.41, 5.74) is 0.166. The number of carbonyl (C=O) groups excluding carboxylic acids is 1. The van der Waals surface area contributed by atoms with Gasteiger partial charge in [-0.25, -0.2) is 13.4 Å². The molecule has 2 heterocycles. The normalized spacial score (nSPS) is 23.9. The maximum atomic E-state index is 11.4. The van der Waals surface area contributed by atoms with Crippen LogP contribution in [-0.2, 0) is 9.84 Å². The molecule has 0 bridgehead atoms.